The highest BCUT2D eigenvalue weighted by Crippen LogP contribution is 2.26. The maximum Gasteiger partial charge on any atom is 0.113 e. The van der Waals surface area contributed by atoms with E-state index in [0.29, 0.717) is 6.67 Å². The molecule has 0 N–H and O–H groups in total. The normalized spacial score (nSPS) is 14.1. The Morgan fingerprint density at radius 3 is 2.38 bits per heavy atom. The second kappa shape index (κ2) is 6.90. The molecule has 1 aromatic carbocycles. The van der Waals surface area contributed by atoms with Gasteiger partial charge in [-0.05, 0) is 29.4 Å². The van der Waals surface area contributed by atoms with Crippen molar-refractivity contribution in [2.24, 2.45) is 10.8 Å². The van der Waals surface area contributed by atoms with Crippen LogP contribution < -0.4 is 0 Å². The topological polar surface area (TPSA) is 57.7 Å². The maximum absolute atomic E-state index is 9.76. The van der Waals surface area contributed by atoms with Crippen LogP contribution in [0.25, 0.3) is 11.0 Å². The molecule has 130 valence electrons. The van der Waals surface area contributed by atoms with Gasteiger partial charge in [0.15, 0.2) is 0 Å². The molecule has 2 aromatic rings. The molecule has 1 unspecified atom stereocenters. The molecule has 2 rings (SSSR count). The summed E-state index contributed by atoms with van der Waals surface area (Å²) in [6.45, 7) is 14.5. The van der Waals surface area contributed by atoms with Gasteiger partial charge in [0.1, 0.15) is 5.52 Å². The summed E-state index contributed by atoms with van der Waals surface area (Å²) in [6.07, 6.45) is 0.826. The molecule has 0 radical (unpaired) electrons. The predicted octanol–water partition coefficient (Wildman–Crippen LogP) is 4.07. The van der Waals surface area contributed by atoms with E-state index in [0.717, 1.165) is 24.0 Å². The van der Waals surface area contributed by atoms with Gasteiger partial charge >= 0.3 is 0 Å². The van der Waals surface area contributed by atoms with Crippen LogP contribution in [0.2, 0.25) is 0 Å². The number of hydrogen-bond donors (Lipinski definition) is 0. The fraction of sp³-hybridized carbons (Fsp3) is 0.632. The molecule has 0 amide bonds. The van der Waals surface area contributed by atoms with Crippen LogP contribution in [0.15, 0.2) is 24.3 Å². The molecule has 0 fully saturated rings. The summed E-state index contributed by atoms with van der Waals surface area (Å²) in [5, 5.41) is 18.3. The fourth-order valence-corrected chi connectivity index (χ4v) is 2.90. The average Bonchev–Trinajstić information content (AvgIpc) is 2.85. The van der Waals surface area contributed by atoms with Crippen molar-refractivity contribution < 1.29 is 0 Å². The summed E-state index contributed by atoms with van der Waals surface area (Å²) in [5.74, 6) is 0. The molecular weight excluding hydrogens is 298 g/mol. The van der Waals surface area contributed by atoms with E-state index in [-0.39, 0.29) is 16.9 Å². The van der Waals surface area contributed by atoms with Crippen LogP contribution >= 0.6 is 0 Å². The van der Waals surface area contributed by atoms with Gasteiger partial charge in [0.05, 0.1) is 24.3 Å². The summed E-state index contributed by atoms with van der Waals surface area (Å²) in [4.78, 5) is 2.23. The van der Waals surface area contributed by atoms with Gasteiger partial charge in [-0.2, -0.15) is 5.26 Å². The van der Waals surface area contributed by atoms with Crippen molar-refractivity contribution in [3.8, 4) is 6.07 Å². The van der Waals surface area contributed by atoms with Gasteiger partial charge in [-0.3, -0.25) is 4.90 Å². The minimum atomic E-state index is -0.146. The summed E-state index contributed by atoms with van der Waals surface area (Å²) >= 11 is 0. The number of nitriles is 1. The van der Waals surface area contributed by atoms with Gasteiger partial charge in [-0.25, -0.2) is 4.68 Å². The lowest BCUT2D eigenvalue weighted by Crippen LogP contribution is -2.43. The van der Waals surface area contributed by atoms with Gasteiger partial charge in [0.2, 0.25) is 0 Å². The third-order valence-electron chi connectivity index (χ3n) is 3.81. The predicted molar refractivity (Wildman–Crippen MR) is 97.2 cm³/mol. The second-order valence-electron chi connectivity index (χ2n) is 8.94. The number of para-hydroxylation sites is 1. The van der Waals surface area contributed by atoms with E-state index in [9.17, 15) is 5.26 Å². The fourth-order valence-electron chi connectivity index (χ4n) is 2.90. The van der Waals surface area contributed by atoms with Crippen LogP contribution in [0.3, 0.4) is 0 Å². The molecule has 0 aliphatic heterocycles. The van der Waals surface area contributed by atoms with Gasteiger partial charge in [-0.15, -0.1) is 5.10 Å². The van der Waals surface area contributed by atoms with E-state index in [1.54, 1.807) is 0 Å². The molecule has 0 bridgehead atoms. The smallest absolute Gasteiger partial charge is 0.113 e. The van der Waals surface area contributed by atoms with Crippen molar-refractivity contribution in [2.75, 3.05) is 6.54 Å². The van der Waals surface area contributed by atoms with E-state index >= 15 is 0 Å². The van der Waals surface area contributed by atoms with E-state index < -0.39 is 0 Å². The van der Waals surface area contributed by atoms with Crippen LogP contribution in [0, 0.1) is 22.2 Å². The average molecular weight is 327 g/mol. The number of rotatable bonds is 5. The first-order valence-corrected chi connectivity index (χ1v) is 8.51. The number of fused-ring (bicyclic) bond motifs is 1. The molecule has 0 saturated carbocycles. The Labute approximate surface area is 145 Å². The Morgan fingerprint density at radius 2 is 1.79 bits per heavy atom. The van der Waals surface area contributed by atoms with Gasteiger partial charge in [-0.1, -0.05) is 58.9 Å². The van der Waals surface area contributed by atoms with Crippen LogP contribution in [0.4, 0.5) is 0 Å². The number of nitrogens with zero attached hydrogens (tertiary/aromatic N) is 5. The molecule has 0 spiro atoms. The van der Waals surface area contributed by atoms with Gasteiger partial charge in [0.25, 0.3) is 0 Å². The number of benzene rings is 1. The van der Waals surface area contributed by atoms with E-state index in [1.807, 2.05) is 28.9 Å². The van der Waals surface area contributed by atoms with Crippen molar-refractivity contribution in [2.45, 2.75) is 60.7 Å². The lowest BCUT2D eigenvalue weighted by Gasteiger charge is -2.35. The summed E-state index contributed by atoms with van der Waals surface area (Å²) in [6, 6.07) is 10.3. The molecule has 5 heteroatoms. The maximum atomic E-state index is 9.76. The molecule has 5 nitrogen and oxygen atoms in total. The minimum Gasteiger partial charge on any atom is -0.268 e. The highest BCUT2D eigenvalue weighted by atomic mass is 15.5. The Hall–Kier alpha value is -1.93. The third-order valence-corrected chi connectivity index (χ3v) is 3.81. The molecule has 0 saturated heterocycles. The lowest BCUT2D eigenvalue weighted by molar-refractivity contribution is 0.0989. The van der Waals surface area contributed by atoms with E-state index in [2.05, 4.69) is 62.8 Å². The zero-order chi connectivity index (χ0) is 18.0. The standard InChI is InChI=1S/C19H29N5/c1-18(2,3)11-15(12-20)23(13-19(4,5)6)14-24-17-10-8-7-9-16(17)21-22-24/h7-10,15H,11,13-14H2,1-6H3. The molecule has 0 aliphatic carbocycles. The molecule has 24 heavy (non-hydrogen) atoms. The Balaban J connectivity index is 2.30. The van der Waals surface area contributed by atoms with Crippen LogP contribution in [0.5, 0.6) is 0 Å². The van der Waals surface area contributed by atoms with Gasteiger partial charge in [0, 0.05) is 6.54 Å². The first-order valence-electron chi connectivity index (χ1n) is 8.51. The SMILES string of the molecule is CC(C)(C)CC(C#N)N(Cn1nnc2ccccc21)CC(C)(C)C. The number of aromatic nitrogens is 3. The summed E-state index contributed by atoms with van der Waals surface area (Å²) in [7, 11) is 0. The zero-order valence-corrected chi connectivity index (χ0v) is 15.7. The Kier molecular flexibility index (Phi) is 5.29. The van der Waals surface area contributed by atoms with Crippen molar-refractivity contribution in [1.29, 1.82) is 5.26 Å². The summed E-state index contributed by atoms with van der Waals surface area (Å²) < 4.78 is 1.90. The third kappa shape index (κ3) is 5.04. The van der Waals surface area contributed by atoms with Crippen molar-refractivity contribution in [1.82, 2.24) is 19.9 Å². The minimum absolute atomic E-state index is 0.0982. The highest BCUT2D eigenvalue weighted by molar-refractivity contribution is 5.73. The van der Waals surface area contributed by atoms with Crippen LogP contribution in [-0.2, 0) is 6.67 Å². The second-order valence-corrected chi connectivity index (χ2v) is 8.94. The van der Waals surface area contributed by atoms with E-state index in [1.165, 1.54) is 0 Å². The first-order chi connectivity index (χ1) is 11.1. The van der Waals surface area contributed by atoms with E-state index in [4.69, 9.17) is 0 Å². The Bertz CT molecular complexity index is 712. The largest absolute Gasteiger partial charge is 0.268 e. The zero-order valence-electron chi connectivity index (χ0n) is 15.7. The molecule has 0 aliphatic rings. The molecule has 1 atom stereocenters. The van der Waals surface area contributed by atoms with Crippen molar-refractivity contribution >= 4 is 11.0 Å². The highest BCUT2D eigenvalue weighted by Gasteiger charge is 2.28. The summed E-state index contributed by atoms with van der Waals surface area (Å²) in [5.41, 5.74) is 2.09. The quantitative estimate of drug-likeness (QED) is 0.831. The van der Waals surface area contributed by atoms with Crippen molar-refractivity contribution in [3.05, 3.63) is 24.3 Å². The Morgan fingerprint density at radius 1 is 1.12 bits per heavy atom. The molecule has 1 aromatic heterocycles. The molecular formula is C19H29N5. The van der Waals surface area contributed by atoms with Crippen LogP contribution in [-0.4, -0.2) is 32.5 Å². The van der Waals surface area contributed by atoms with Crippen LogP contribution in [0.1, 0.15) is 48.0 Å². The lowest BCUT2D eigenvalue weighted by atomic mass is 9.87. The number of hydrogen-bond acceptors (Lipinski definition) is 4. The van der Waals surface area contributed by atoms with Crippen molar-refractivity contribution in [3.63, 3.8) is 0 Å². The monoisotopic (exact) mass is 327 g/mol. The van der Waals surface area contributed by atoms with Gasteiger partial charge < -0.3 is 0 Å². The molecule has 1 heterocycles. The first kappa shape index (κ1) is 18.4.